The summed E-state index contributed by atoms with van der Waals surface area (Å²) < 4.78 is 7.20. The average Bonchev–Trinajstić information content (AvgIpc) is 2.86. The topological polar surface area (TPSA) is 68.2 Å². The van der Waals surface area contributed by atoms with Gasteiger partial charge in [-0.15, -0.1) is 11.3 Å². The second kappa shape index (κ2) is 5.79. The summed E-state index contributed by atoms with van der Waals surface area (Å²) in [7, 11) is 3.91. The fraction of sp³-hybridized carbons (Fsp3) is 0.400. The van der Waals surface area contributed by atoms with E-state index in [1.54, 1.807) is 0 Å². The first-order valence-electron chi connectivity index (χ1n) is 5.16. The van der Waals surface area contributed by atoms with Crippen molar-refractivity contribution in [2.45, 2.75) is 6.04 Å². The lowest BCUT2D eigenvalue weighted by Gasteiger charge is -2.12. The van der Waals surface area contributed by atoms with E-state index in [0.29, 0.717) is 18.3 Å². The number of hydrogen-bond acceptors (Lipinski definition) is 6. The van der Waals surface area contributed by atoms with Gasteiger partial charge in [-0.05, 0) is 52.0 Å². The Morgan fingerprint density at radius 3 is 2.78 bits per heavy atom. The van der Waals surface area contributed by atoms with Gasteiger partial charge in [0, 0.05) is 11.0 Å². The van der Waals surface area contributed by atoms with Crippen LogP contribution in [0, 0.1) is 0 Å². The van der Waals surface area contributed by atoms with Crippen LogP contribution in [0.5, 0.6) is 0 Å². The van der Waals surface area contributed by atoms with Crippen LogP contribution in [0.3, 0.4) is 0 Å². The Hall–Kier alpha value is -0.280. The maximum atomic E-state index is 5.98. The predicted molar refractivity (Wildman–Crippen MR) is 78.5 cm³/mol. The monoisotopic (exact) mass is 394 g/mol. The van der Waals surface area contributed by atoms with Crippen LogP contribution in [-0.4, -0.2) is 35.7 Å². The first-order valence-corrected chi connectivity index (χ1v) is 7.56. The highest BCUT2D eigenvalue weighted by molar-refractivity contribution is 9.13. The number of aromatic nitrogens is 2. The molecule has 0 radical (unpaired) electrons. The molecule has 98 valence electrons. The molecule has 0 amide bonds. The Morgan fingerprint density at radius 2 is 2.22 bits per heavy atom. The van der Waals surface area contributed by atoms with Gasteiger partial charge in [0.05, 0.1) is 14.7 Å². The highest BCUT2D eigenvalue weighted by Crippen LogP contribution is 2.37. The maximum absolute atomic E-state index is 5.98. The van der Waals surface area contributed by atoms with Gasteiger partial charge in [0.1, 0.15) is 0 Å². The van der Waals surface area contributed by atoms with Crippen LogP contribution in [0.4, 0.5) is 0 Å². The Bertz CT molecular complexity index is 520. The van der Waals surface area contributed by atoms with E-state index < -0.39 is 0 Å². The van der Waals surface area contributed by atoms with Crippen molar-refractivity contribution in [3.05, 3.63) is 20.1 Å². The molecule has 1 unspecified atom stereocenters. The molecule has 2 rings (SSSR count). The van der Waals surface area contributed by atoms with Gasteiger partial charge in [-0.25, -0.2) is 0 Å². The third kappa shape index (κ3) is 3.18. The first kappa shape index (κ1) is 14.1. The Kier molecular flexibility index (Phi) is 4.54. The van der Waals surface area contributed by atoms with Gasteiger partial charge >= 0.3 is 0 Å². The van der Waals surface area contributed by atoms with Crippen LogP contribution >= 0.6 is 43.2 Å². The predicted octanol–water partition coefficient (Wildman–Crippen LogP) is 2.88. The van der Waals surface area contributed by atoms with E-state index in [-0.39, 0.29) is 6.04 Å². The van der Waals surface area contributed by atoms with Crippen LogP contribution in [-0.2, 0) is 0 Å². The van der Waals surface area contributed by atoms with E-state index in [2.05, 4.69) is 42.0 Å². The summed E-state index contributed by atoms with van der Waals surface area (Å²) in [6.45, 7) is 0.677. The largest absolute Gasteiger partial charge is 0.333 e. The van der Waals surface area contributed by atoms with E-state index >= 15 is 0 Å². The van der Waals surface area contributed by atoms with E-state index in [9.17, 15) is 0 Å². The number of nitrogens with two attached hydrogens (primary N) is 1. The minimum Gasteiger partial charge on any atom is -0.333 e. The summed E-state index contributed by atoms with van der Waals surface area (Å²) in [5, 5.41) is 3.92. The molecule has 2 aromatic rings. The zero-order valence-corrected chi connectivity index (χ0v) is 13.8. The lowest BCUT2D eigenvalue weighted by atomic mass is 10.3. The molecule has 2 N–H and O–H groups in total. The summed E-state index contributed by atoms with van der Waals surface area (Å²) in [6.07, 6.45) is 0. The molecule has 0 fully saturated rings. The van der Waals surface area contributed by atoms with Crippen molar-refractivity contribution in [1.29, 1.82) is 0 Å². The van der Waals surface area contributed by atoms with E-state index in [4.69, 9.17) is 10.3 Å². The normalized spacial score (nSPS) is 13.2. The number of halogens is 2. The molecule has 0 aromatic carbocycles. The van der Waals surface area contributed by atoms with Crippen molar-refractivity contribution < 1.29 is 4.52 Å². The molecule has 5 nitrogen and oxygen atoms in total. The van der Waals surface area contributed by atoms with Crippen LogP contribution < -0.4 is 5.73 Å². The SMILES string of the molecule is CN(C)CC(N)c1noc(-c2cc(Br)c(Br)s2)n1. The summed E-state index contributed by atoms with van der Waals surface area (Å²) in [5.74, 6) is 1.02. The zero-order valence-electron chi connectivity index (χ0n) is 9.85. The summed E-state index contributed by atoms with van der Waals surface area (Å²) in [6, 6.07) is 1.69. The second-order valence-corrected chi connectivity index (χ2v) is 7.28. The molecule has 0 aliphatic carbocycles. The highest BCUT2D eigenvalue weighted by Gasteiger charge is 2.17. The van der Waals surface area contributed by atoms with Crippen LogP contribution in [0.1, 0.15) is 11.9 Å². The molecule has 0 saturated heterocycles. The number of likely N-dealkylation sites (N-methyl/N-ethyl adjacent to an activating group) is 1. The molecule has 18 heavy (non-hydrogen) atoms. The molecular weight excluding hydrogens is 384 g/mol. The molecule has 0 saturated carbocycles. The van der Waals surface area contributed by atoms with E-state index in [1.165, 1.54) is 11.3 Å². The molecule has 0 aliphatic heterocycles. The molecule has 0 spiro atoms. The van der Waals surface area contributed by atoms with Crippen molar-refractivity contribution in [3.8, 4) is 10.8 Å². The molecule has 0 bridgehead atoms. The minimum absolute atomic E-state index is 0.246. The fourth-order valence-corrected chi connectivity index (χ4v) is 3.37. The van der Waals surface area contributed by atoms with Gasteiger partial charge < -0.3 is 15.2 Å². The summed E-state index contributed by atoms with van der Waals surface area (Å²) in [4.78, 5) is 7.22. The van der Waals surface area contributed by atoms with Gasteiger partial charge in [-0.3, -0.25) is 0 Å². The molecule has 8 heteroatoms. The van der Waals surface area contributed by atoms with Gasteiger partial charge in [0.2, 0.25) is 0 Å². The number of rotatable bonds is 4. The van der Waals surface area contributed by atoms with E-state index in [0.717, 1.165) is 13.1 Å². The van der Waals surface area contributed by atoms with Crippen LogP contribution in [0.15, 0.2) is 18.8 Å². The highest BCUT2D eigenvalue weighted by atomic mass is 79.9. The molecular formula is C10H12Br2N4OS. The molecule has 1 atom stereocenters. The van der Waals surface area contributed by atoms with Crippen molar-refractivity contribution >= 4 is 43.2 Å². The van der Waals surface area contributed by atoms with Gasteiger partial charge in [0.15, 0.2) is 5.82 Å². The fourth-order valence-electron chi connectivity index (χ4n) is 1.41. The second-order valence-electron chi connectivity index (χ2n) is 4.06. The van der Waals surface area contributed by atoms with Crippen molar-refractivity contribution in [1.82, 2.24) is 15.0 Å². The Balaban J connectivity index is 2.20. The third-order valence-corrected chi connectivity index (χ3v) is 5.44. The molecule has 2 aromatic heterocycles. The lowest BCUT2D eigenvalue weighted by molar-refractivity contribution is 0.357. The van der Waals surface area contributed by atoms with Crippen LogP contribution in [0.25, 0.3) is 10.8 Å². The quantitative estimate of drug-likeness (QED) is 0.861. The van der Waals surface area contributed by atoms with Crippen molar-refractivity contribution in [3.63, 3.8) is 0 Å². The smallest absolute Gasteiger partial charge is 0.268 e. The van der Waals surface area contributed by atoms with Crippen molar-refractivity contribution in [2.75, 3.05) is 20.6 Å². The summed E-state index contributed by atoms with van der Waals surface area (Å²) in [5.41, 5.74) is 5.98. The molecule has 2 heterocycles. The summed E-state index contributed by atoms with van der Waals surface area (Å²) >= 11 is 8.39. The van der Waals surface area contributed by atoms with Crippen LogP contribution in [0.2, 0.25) is 0 Å². The van der Waals surface area contributed by atoms with E-state index in [1.807, 2.05) is 25.1 Å². The van der Waals surface area contributed by atoms with Gasteiger partial charge in [-0.1, -0.05) is 5.16 Å². The number of hydrogen-bond donors (Lipinski definition) is 1. The first-order chi connectivity index (χ1) is 8.47. The van der Waals surface area contributed by atoms with Crippen molar-refractivity contribution in [2.24, 2.45) is 5.73 Å². The maximum Gasteiger partial charge on any atom is 0.268 e. The third-order valence-electron chi connectivity index (χ3n) is 2.19. The lowest BCUT2D eigenvalue weighted by Crippen LogP contribution is -2.26. The standard InChI is InChI=1S/C10H12Br2N4OS/c1-16(2)4-6(13)9-14-10(17-15-9)7-3-5(11)8(12)18-7/h3,6H,4,13H2,1-2H3. The minimum atomic E-state index is -0.246. The van der Waals surface area contributed by atoms with Gasteiger partial charge in [-0.2, -0.15) is 4.98 Å². The Morgan fingerprint density at radius 1 is 1.50 bits per heavy atom. The Labute approximate surface area is 126 Å². The molecule has 0 aliphatic rings. The zero-order chi connectivity index (χ0) is 13.3. The van der Waals surface area contributed by atoms with Gasteiger partial charge in [0.25, 0.3) is 5.89 Å². The number of thiophene rings is 1. The number of nitrogens with zero attached hydrogens (tertiary/aromatic N) is 3. The average molecular weight is 396 g/mol.